The van der Waals surface area contributed by atoms with Gasteiger partial charge in [-0.05, 0) is 208 Å². The fourth-order valence-electron chi connectivity index (χ4n) is 17.3. The van der Waals surface area contributed by atoms with Gasteiger partial charge in [-0.15, -0.1) is 0 Å². The Bertz CT molecular complexity index is 4550. The topological polar surface area (TPSA) is 25.9 Å². The van der Waals surface area contributed by atoms with E-state index in [1.807, 2.05) is 0 Å². The monoisotopic (exact) mass is 1380 g/mol. The molecule has 4 aliphatic heterocycles. The minimum atomic E-state index is 0.0237. The molecule has 0 aromatic heterocycles. The van der Waals surface area contributed by atoms with Gasteiger partial charge in [-0.2, -0.15) is 0 Å². The van der Waals surface area contributed by atoms with Gasteiger partial charge in [0, 0.05) is 116 Å². The van der Waals surface area contributed by atoms with Crippen molar-refractivity contribution in [2.24, 2.45) is 16.7 Å². The lowest BCUT2D eigenvalue weighted by Crippen LogP contribution is -2.49. The quantitative estimate of drug-likeness (QED) is 0.134. The molecular formula is C96H118N8. The molecule has 1 fully saturated rings. The van der Waals surface area contributed by atoms with Crippen molar-refractivity contribution in [2.45, 2.75) is 195 Å². The molecule has 8 nitrogen and oxygen atoms in total. The highest BCUT2D eigenvalue weighted by atomic mass is 15.4. The first-order valence-corrected chi connectivity index (χ1v) is 38.1. The first kappa shape index (κ1) is 75.5. The number of rotatable bonds is 10. The zero-order chi connectivity index (χ0) is 74.6. The van der Waals surface area contributed by atoms with Crippen molar-refractivity contribution in [3.63, 3.8) is 0 Å². The summed E-state index contributed by atoms with van der Waals surface area (Å²) in [6, 6.07) is 80.5. The molecule has 542 valence electrons. The Kier molecular flexibility index (Phi) is 23.0. The smallest absolute Gasteiger partial charge is 0.132 e. The molecule has 104 heavy (non-hydrogen) atoms. The van der Waals surface area contributed by atoms with Gasteiger partial charge in [0.1, 0.15) is 24.7 Å². The third-order valence-corrected chi connectivity index (χ3v) is 22.7. The SMILES string of the molecule is CC1=C(C)N(c2ccccc2C)C(C(C)(C)C)N1c1ccccc1.CC1=C(C)N(c2ccccc2C)C(c2c(C)cccc2C)N1C.CC1=C(C2CCCCC2)N(C)C(c2c(C)cccc2C)N1c1ccccc1C.CC1=C(c2ccccc2)N(c2ccccc2)C(C(C)(C)C)N1c1ccccc1C. The van der Waals surface area contributed by atoms with E-state index in [-0.39, 0.29) is 35.5 Å². The summed E-state index contributed by atoms with van der Waals surface area (Å²) in [6.07, 6.45) is 7.67. The van der Waals surface area contributed by atoms with Gasteiger partial charge < -0.3 is 39.2 Å². The Hall–Kier alpha value is -9.66. The average Bonchev–Trinajstić information content (AvgIpc) is 1.61. The molecule has 9 aromatic rings. The summed E-state index contributed by atoms with van der Waals surface area (Å²) in [4.78, 5) is 20.1. The molecule has 0 amide bonds. The third kappa shape index (κ3) is 15.0. The molecule has 1 aliphatic carbocycles. The number of hydrogen-bond acceptors (Lipinski definition) is 8. The van der Waals surface area contributed by atoms with Gasteiger partial charge in [0.2, 0.25) is 0 Å². The summed E-state index contributed by atoms with van der Waals surface area (Å²) < 4.78 is 0. The zero-order valence-electron chi connectivity index (χ0n) is 66.9. The highest BCUT2D eigenvalue weighted by molar-refractivity contribution is 5.89. The van der Waals surface area contributed by atoms with Crippen LogP contribution < -0.4 is 29.4 Å². The summed E-state index contributed by atoms with van der Waals surface area (Å²) in [5.74, 6) is 0.694. The first-order valence-electron chi connectivity index (χ1n) is 38.1. The number of allylic oxidation sites excluding steroid dienone is 7. The number of hydrogen-bond donors (Lipinski definition) is 0. The second kappa shape index (κ2) is 31.7. The summed E-state index contributed by atoms with van der Waals surface area (Å²) in [5, 5.41) is 0. The Balaban J connectivity index is 0.000000139. The van der Waals surface area contributed by atoms with Crippen molar-refractivity contribution in [3.05, 3.63) is 326 Å². The standard InChI is InChI=1S/C27H30N2.C26H34N2.C22H28N2.C21H26N2/c1-20-14-12-13-19-24(20)28-21(2)25(22-15-8-6-9-16-22)29(26(28)27(3,4)5)23-17-10-7-11-18-23;1-18-12-9-10-17-23(18)28-21(4)25(22-15-7-6-8-16-22)27(5)26(28)24-19(2)13-11-14-20(24)3;1-16-12-10-11-15-20(16)24-18(3)17(2)23(21(24)22(4,5)6)19-13-8-7-9-14-19;1-14-10-7-8-13-19(14)23-18(5)17(4)22(6)21(23)20-15(2)11-9-12-16(20)3/h6-19,26H,1-5H3;9-14,17,22,26H,6-8,15-16H2,1-5H3;7-15,21H,1-6H3;7-13,21H,1-6H3. The zero-order valence-corrected chi connectivity index (χ0v) is 66.9. The predicted molar refractivity (Wildman–Crippen MR) is 447 cm³/mol. The minimum absolute atomic E-state index is 0.0237. The van der Waals surface area contributed by atoms with Gasteiger partial charge >= 0.3 is 0 Å². The lowest BCUT2D eigenvalue weighted by atomic mass is 9.86. The van der Waals surface area contributed by atoms with Crippen LogP contribution in [0.25, 0.3) is 5.70 Å². The van der Waals surface area contributed by atoms with Crippen molar-refractivity contribution in [3.8, 4) is 0 Å². The Labute approximate surface area is 627 Å². The molecule has 9 aromatic carbocycles. The van der Waals surface area contributed by atoms with Crippen LogP contribution >= 0.6 is 0 Å². The maximum Gasteiger partial charge on any atom is 0.132 e. The van der Waals surface area contributed by atoms with E-state index in [0.717, 1.165) is 0 Å². The molecule has 14 rings (SSSR count). The van der Waals surface area contributed by atoms with Crippen molar-refractivity contribution >= 4 is 39.8 Å². The van der Waals surface area contributed by atoms with Crippen molar-refractivity contribution < 1.29 is 0 Å². The van der Waals surface area contributed by atoms with Crippen LogP contribution in [0.1, 0.15) is 189 Å². The molecule has 0 N–H and O–H groups in total. The van der Waals surface area contributed by atoms with E-state index >= 15 is 0 Å². The number of benzene rings is 9. The van der Waals surface area contributed by atoms with Crippen LogP contribution in [0, 0.1) is 72.1 Å². The van der Waals surface area contributed by atoms with Crippen LogP contribution in [0.3, 0.4) is 0 Å². The number of aryl methyl sites for hydroxylation is 8. The van der Waals surface area contributed by atoms with E-state index in [0.29, 0.717) is 5.92 Å². The highest BCUT2D eigenvalue weighted by Crippen LogP contribution is 2.52. The molecule has 4 heterocycles. The summed E-state index contributed by atoms with van der Waals surface area (Å²) in [6.45, 7) is 45.3. The van der Waals surface area contributed by atoms with E-state index in [1.165, 1.54) is 167 Å². The Morgan fingerprint density at radius 2 is 0.577 bits per heavy atom. The number of anilines is 6. The normalized spacial score (nSPS) is 18.7. The van der Waals surface area contributed by atoms with Crippen molar-refractivity contribution in [1.29, 1.82) is 0 Å². The molecule has 4 unspecified atom stereocenters. The van der Waals surface area contributed by atoms with E-state index in [1.54, 1.807) is 5.70 Å². The lowest BCUT2D eigenvalue weighted by Gasteiger charge is -2.43. The van der Waals surface area contributed by atoms with Crippen molar-refractivity contribution in [1.82, 2.24) is 9.80 Å². The summed E-state index contributed by atoms with van der Waals surface area (Å²) in [7, 11) is 4.52. The van der Waals surface area contributed by atoms with E-state index in [2.05, 4.69) is 416 Å². The average molecular weight is 1380 g/mol. The van der Waals surface area contributed by atoms with Crippen LogP contribution in [0.4, 0.5) is 34.1 Å². The number of nitrogens with zero attached hydrogens (tertiary/aromatic N) is 8. The molecule has 5 aliphatic rings. The molecule has 0 bridgehead atoms. The molecule has 1 saturated carbocycles. The van der Waals surface area contributed by atoms with Crippen LogP contribution in [0.2, 0.25) is 0 Å². The second-order valence-corrected chi connectivity index (χ2v) is 32.0. The van der Waals surface area contributed by atoms with E-state index in [9.17, 15) is 0 Å². The van der Waals surface area contributed by atoms with Crippen LogP contribution in [-0.4, -0.2) is 36.2 Å². The Morgan fingerprint density at radius 3 is 0.981 bits per heavy atom. The van der Waals surface area contributed by atoms with Crippen LogP contribution in [0.15, 0.2) is 264 Å². The fourth-order valence-corrected chi connectivity index (χ4v) is 17.3. The number of para-hydroxylation sites is 6. The van der Waals surface area contributed by atoms with Gasteiger partial charge in [-0.3, -0.25) is 0 Å². The second-order valence-electron chi connectivity index (χ2n) is 32.0. The summed E-state index contributed by atoms with van der Waals surface area (Å²) in [5.41, 5.74) is 33.5. The Morgan fingerprint density at radius 1 is 0.269 bits per heavy atom. The van der Waals surface area contributed by atoms with Gasteiger partial charge in [-0.25, -0.2) is 0 Å². The van der Waals surface area contributed by atoms with Crippen LogP contribution in [0.5, 0.6) is 0 Å². The van der Waals surface area contributed by atoms with Crippen molar-refractivity contribution in [2.75, 3.05) is 43.5 Å². The van der Waals surface area contributed by atoms with Crippen LogP contribution in [-0.2, 0) is 0 Å². The fraction of sp³-hybridized carbons (Fsp3) is 0.354. The highest BCUT2D eigenvalue weighted by Gasteiger charge is 2.47. The maximum atomic E-state index is 2.61. The van der Waals surface area contributed by atoms with E-state index < -0.39 is 0 Å². The maximum absolute atomic E-state index is 2.61. The summed E-state index contributed by atoms with van der Waals surface area (Å²) >= 11 is 0. The molecule has 8 heteroatoms. The minimum Gasteiger partial charge on any atom is -0.352 e. The third-order valence-electron chi connectivity index (χ3n) is 22.7. The molecular weight excluding hydrogens is 1270 g/mol. The van der Waals surface area contributed by atoms with E-state index in [4.69, 9.17) is 0 Å². The molecule has 0 spiro atoms. The van der Waals surface area contributed by atoms with Gasteiger partial charge in [0.25, 0.3) is 0 Å². The predicted octanol–water partition coefficient (Wildman–Crippen LogP) is 25.2. The molecule has 0 saturated heterocycles. The first-order chi connectivity index (χ1) is 49.6. The largest absolute Gasteiger partial charge is 0.352 e. The molecule has 4 atom stereocenters. The molecule has 0 radical (unpaired) electrons. The lowest BCUT2D eigenvalue weighted by molar-refractivity contribution is 0.272. The van der Waals surface area contributed by atoms with Gasteiger partial charge in [0.05, 0.1) is 5.70 Å². The van der Waals surface area contributed by atoms with Gasteiger partial charge in [0.15, 0.2) is 0 Å². The van der Waals surface area contributed by atoms with Gasteiger partial charge in [-0.1, -0.05) is 237 Å².